The highest BCUT2D eigenvalue weighted by Gasteiger charge is 2.04. The Bertz CT molecular complexity index is 467. The Labute approximate surface area is 125 Å². The van der Waals surface area contributed by atoms with Crippen LogP contribution in [0.2, 0.25) is 0 Å². The number of azide groups is 1. The van der Waals surface area contributed by atoms with Crippen molar-refractivity contribution in [1.29, 1.82) is 0 Å². The lowest BCUT2D eigenvalue weighted by atomic mass is 10.2. The zero-order chi connectivity index (χ0) is 15.3. The molecular formula is C15H22N4O2. The Morgan fingerprint density at radius 2 is 2.05 bits per heavy atom. The van der Waals surface area contributed by atoms with Gasteiger partial charge in [0, 0.05) is 23.6 Å². The Morgan fingerprint density at radius 3 is 2.71 bits per heavy atom. The molecule has 114 valence electrons. The number of rotatable bonds is 10. The van der Waals surface area contributed by atoms with E-state index in [0.29, 0.717) is 25.3 Å². The molecule has 0 atom stereocenters. The molecule has 0 unspecified atom stereocenters. The van der Waals surface area contributed by atoms with E-state index in [1.54, 1.807) is 12.1 Å². The first-order valence-corrected chi connectivity index (χ1v) is 7.30. The molecule has 0 saturated carbocycles. The lowest BCUT2D eigenvalue weighted by Gasteiger charge is -2.07. The molecule has 0 saturated heterocycles. The van der Waals surface area contributed by atoms with Crippen LogP contribution in [-0.2, 0) is 0 Å². The summed E-state index contributed by atoms with van der Waals surface area (Å²) in [5.41, 5.74) is 8.75. The molecule has 1 amide bonds. The average molecular weight is 290 g/mol. The first kappa shape index (κ1) is 16.9. The SMILES string of the molecule is CCCCOc1ccc(C(=O)NCCCCN=[N+]=[N-])cc1. The minimum absolute atomic E-state index is 0.0982. The molecule has 0 fully saturated rings. The van der Waals surface area contributed by atoms with Crippen molar-refractivity contribution < 1.29 is 9.53 Å². The summed E-state index contributed by atoms with van der Waals surface area (Å²) in [5, 5.41) is 6.27. The standard InChI is InChI=1S/C15H22N4O2/c1-2-3-12-21-14-8-6-13(7-9-14)15(20)17-10-4-5-11-18-19-16/h6-9H,2-5,10-12H2,1H3,(H,17,20). The van der Waals surface area contributed by atoms with Gasteiger partial charge < -0.3 is 10.1 Å². The Hall–Kier alpha value is -2.20. The fourth-order valence-corrected chi connectivity index (χ4v) is 1.69. The Balaban J connectivity index is 2.28. The lowest BCUT2D eigenvalue weighted by Crippen LogP contribution is -2.24. The topological polar surface area (TPSA) is 87.1 Å². The third-order valence-electron chi connectivity index (χ3n) is 2.92. The molecule has 0 radical (unpaired) electrons. The van der Waals surface area contributed by atoms with Gasteiger partial charge in [0.15, 0.2) is 0 Å². The van der Waals surface area contributed by atoms with E-state index >= 15 is 0 Å². The van der Waals surface area contributed by atoms with Crippen LogP contribution in [-0.4, -0.2) is 25.6 Å². The van der Waals surface area contributed by atoms with E-state index in [0.717, 1.165) is 31.4 Å². The molecule has 0 aromatic heterocycles. The maximum absolute atomic E-state index is 11.9. The van der Waals surface area contributed by atoms with E-state index < -0.39 is 0 Å². The minimum atomic E-state index is -0.0982. The number of nitrogens with zero attached hydrogens (tertiary/aromatic N) is 3. The second kappa shape index (κ2) is 10.6. The molecule has 0 bridgehead atoms. The molecule has 0 aliphatic heterocycles. The number of hydrogen-bond acceptors (Lipinski definition) is 3. The Morgan fingerprint density at radius 1 is 1.29 bits per heavy atom. The maximum Gasteiger partial charge on any atom is 0.251 e. The number of hydrogen-bond donors (Lipinski definition) is 1. The van der Waals surface area contributed by atoms with Gasteiger partial charge >= 0.3 is 0 Å². The first-order valence-electron chi connectivity index (χ1n) is 7.30. The van der Waals surface area contributed by atoms with Crippen LogP contribution in [0.3, 0.4) is 0 Å². The van der Waals surface area contributed by atoms with Crippen LogP contribution in [0.4, 0.5) is 0 Å². The van der Waals surface area contributed by atoms with Gasteiger partial charge in [-0.05, 0) is 49.1 Å². The highest BCUT2D eigenvalue weighted by molar-refractivity contribution is 5.94. The molecule has 0 heterocycles. The number of nitrogens with one attached hydrogen (secondary N) is 1. The van der Waals surface area contributed by atoms with Gasteiger partial charge in [-0.25, -0.2) is 0 Å². The van der Waals surface area contributed by atoms with Gasteiger partial charge in [-0.15, -0.1) is 0 Å². The van der Waals surface area contributed by atoms with E-state index in [1.807, 2.05) is 12.1 Å². The number of carbonyl (C=O) groups is 1. The normalized spacial score (nSPS) is 9.76. The molecule has 1 rings (SSSR count). The minimum Gasteiger partial charge on any atom is -0.494 e. The predicted octanol–water partition coefficient (Wildman–Crippen LogP) is 3.69. The van der Waals surface area contributed by atoms with Gasteiger partial charge in [-0.3, -0.25) is 4.79 Å². The molecule has 0 spiro atoms. The van der Waals surface area contributed by atoms with Crippen LogP contribution >= 0.6 is 0 Å². The number of unbranched alkanes of at least 4 members (excludes halogenated alkanes) is 2. The summed E-state index contributed by atoms with van der Waals surface area (Å²) in [5.74, 6) is 0.688. The number of ether oxygens (including phenoxy) is 1. The predicted molar refractivity (Wildman–Crippen MR) is 82.4 cm³/mol. The molecule has 21 heavy (non-hydrogen) atoms. The van der Waals surface area contributed by atoms with Gasteiger partial charge in [0.2, 0.25) is 0 Å². The number of carbonyl (C=O) groups excluding carboxylic acids is 1. The van der Waals surface area contributed by atoms with Crippen molar-refractivity contribution in [2.75, 3.05) is 19.7 Å². The van der Waals surface area contributed by atoms with Crippen LogP contribution in [0.25, 0.3) is 10.4 Å². The summed E-state index contributed by atoms with van der Waals surface area (Å²) >= 11 is 0. The largest absolute Gasteiger partial charge is 0.494 e. The van der Waals surface area contributed by atoms with Crippen LogP contribution in [0.1, 0.15) is 43.0 Å². The maximum atomic E-state index is 11.9. The van der Waals surface area contributed by atoms with Crippen molar-refractivity contribution in [2.45, 2.75) is 32.6 Å². The van der Waals surface area contributed by atoms with E-state index in [9.17, 15) is 4.79 Å². The zero-order valence-corrected chi connectivity index (χ0v) is 12.4. The second-order valence-corrected chi connectivity index (χ2v) is 4.64. The van der Waals surface area contributed by atoms with Crippen molar-refractivity contribution in [3.8, 4) is 5.75 Å². The molecular weight excluding hydrogens is 268 g/mol. The second-order valence-electron chi connectivity index (χ2n) is 4.64. The van der Waals surface area contributed by atoms with Gasteiger partial charge in [0.1, 0.15) is 5.75 Å². The number of amides is 1. The molecule has 6 heteroatoms. The summed E-state index contributed by atoms with van der Waals surface area (Å²) in [6.07, 6.45) is 3.69. The Kier molecular flexibility index (Phi) is 8.48. The van der Waals surface area contributed by atoms with Gasteiger partial charge in [-0.2, -0.15) is 0 Å². The van der Waals surface area contributed by atoms with Gasteiger partial charge in [-0.1, -0.05) is 18.5 Å². The quantitative estimate of drug-likeness (QED) is 0.308. The monoisotopic (exact) mass is 290 g/mol. The zero-order valence-electron chi connectivity index (χ0n) is 12.4. The van der Waals surface area contributed by atoms with Gasteiger partial charge in [0.25, 0.3) is 5.91 Å². The summed E-state index contributed by atoms with van der Waals surface area (Å²) in [7, 11) is 0. The fraction of sp³-hybridized carbons (Fsp3) is 0.533. The highest BCUT2D eigenvalue weighted by atomic mass is 16.5. The third kappa shape index (κ3) is 7.22. The summed E-state index contributed by atoms with van der Waals surface area (Å²) < 4.78 is 5.55. The summed E-state index contributed by atoms with van der Waals surface area (Å²) in [4.78, 5) is 14.5. The molecule has 1 N–H and O–H groups in total. The van der Waals surface area contributed by atoms with Crippen molar-refractivity contribution >= 4 is 5.91 Å². The molecule has 0 aliphatic rings. The summed E-state index contributed by atoms with van der Waals surface area (Å²) in [6, 6.07) is 7.14. The number of benzene rings is 1. The fourth-order valence-electron chi connectivity index (χ4n) is 1.69. The van der Waals surface area contributed by atoms with E-state index in [2.05, 4.69) is 22.3 Å². The lowest BCUT2D eigenvalue weighted by molar-refractivity contribution is 0.0953. The van der Waals surface area contributed by atoms with Crippen molar-refractivity contribution in [1.82, 2.24) is 5.32 Å². The van der Waals surface area contributed by atoms with Crippen LogP contribution < -0.4 is 10.1 Å². The molecule has 1 aromatic carbocycles. The molecule has 0 aliphatic carbocycles. The van der Waals surface area contributed by atoms with E-state index in [-0.39, 0.29) is 5.91 Å². The van der Waals surface area contributed by atoms with Crippen LogP contribution in [0, 0.1) is 0 Å². The molecule has 6 nitrogen and oxygen atoms in total. The van der Waals surface area contributed by atoms with E-state index in [4.69, 9.17) is 10.3 Å². The van der Waals surface area contributed by atoms with Gasteiger partial charge in [0.05, 0.1) is 6.61 Å². The van der Waals surface area contributed by atoms with Crippen molar-refractivity contribution in [3.05, 3.63) is 40.3 Å². The smallest absolute Gasteiger partial charge is 0.251 e. The van der Waals surface area contributed by atoms with Crippen molar-refractivity contribution in [3.63, 3.8) is 0 Å². The third-order valence-corrected chi connectivity index (χ3v) is 2.92. The first-order chi connectivity index (χ1) is 10.3. The average Bonchev–Trinajstić information content (AvgIpc) is 2.51. The van der Waals surface area contributed by atoms with Crippen LogP contribution in [0.5, 0.6) is 5.75 Å². The molecule has 1 aromatic rings. The summed E-state index contributed by atoms with van der Waals surface area (Å²) in [6.45, 7) is 3.86. The van der Waals surface area contributed by atoms with Crippen molar-refractivity contribution in [2.24, 2.45) is 5.11 Å². The highest BCUT2D eigenvalue weighted by Crippen LogP contribution is 2.12. The van der Waals surface area contributed by atoms with Crippen LogP contribution in [0.15, 0.2) is 29.4 Å². The van der Waals surface area contributed by atoms with E-state index in [1.165, 1.54) is 0 Å².